The number of hydrogen-bond donors (Lipinski definition) is 2. The quantitative estimate of drug-likeness (QED) is 0.526. The second kappa shape index (κ2) is 9.19. The number of aliphatic hydroxyl groups excluding tert-OH is 1. The number of amides is 3. The third-order valence-corrected chi connectivity index (χ3v) is 3.94. The van der Waals surface area contributed by atoms with Crippen molar-refractivity contribution in [2.24, 2.45) is 11.3 Å². The predicted molar refractivity (Wildman–Crippen MR) is 103 cm³/mol. The van der Waals surface area contributed by atoms with E-state index in [2.05, 4.69) is 10.1 Å². The van der Waals surface area contributed by atoms with Gasteiger partial charge in [-0.3, -0.25) is 14.9 Å². The van der Waals surface area contributed by atoms with E-state index in [4.69, 9.17) is 8.94 Å². The van der Waals surface area contributed by atoms with Crippen LogP contribution in [0.25, 0.3) is 11.7 Å². The van der Waals surface area contributed by atoms with Crippen LogP contribution in [0.2, 0.25) is 0 Å². The Kier molecular flexibility index (Phi) is 7.15. The van der Waals surface area contributed by atoms with Gasteiger partial charge in [-0.15, -0.1) is 5.06 Å². The fourth-order valence-corrected chi connectivity index (χ4v) is 2.49. The summed E-state index contributed by atoms with van der Waals surface area (Å²) >= 11 is 0. The molecule has 0 aliphatic carbocycles. The number of carbonyl (C=O) groups excluding carboxylic acids is 2. The van der Waals surface area contributed by atoms with Crippen LogP contribution in [-0.2, 0) is 4.79 Å². The normalized spacial score (nSPS) is 12.8. The molecule has 10 nitrogen and oxygen atoms in total. The van der Waals surface area contributed by atoms with E-state index in [0.717, 1.165) is 4.90 Å². The number of carbonyl (C=O) groups is 2. The Hall–Kier alpha value is -2.72. The van der Waals surface area contributed by atoms with Crippen molar-refractivity contribution in [3.05, 3.63) is 18.4 Å². The second-order valence-electron chi connectivity index (χ2n) is 8.44. The van der Waals surface area contributed by atoms with Gasteiger partial charge in [0.05, 0.1) is 6.26 Å². The molecule has 10 heteroatoms. The molecule has 0 aromatic carbocycles. The Morgan fingerprint density at radius 1 is 1.24 bits per heavy atom. The number of anilines is 1. The van der Waals surface area contributed by atoms with Crippen molar-refractivity contribution in [1.82, 2.24) is 15.2 Å². The van der Waals surface area contributed by atoms with E-state index in [1.165, 1.54) is 6.26 Å². The molecular weight excluding hydrogens is 380 g/mol. The first kappa shape index (κ1) is 22.6. The summed E-state index contributed by atoms with van der Waals surface area (Å²) in [4.78, 5) is 30.3. The molecule has 3 amide bonds. The van der Waals surface area contributed by atoms with Crippen molar-refractivity contribution < 1.29 is 28.8 Å². The van der Waals surface area contributed by atoms with Crippen LogP contribution in [0.1, 0.15) is 47.5 Å². The molecule has 2 aromatic rings. The lowest BCUT2D eigenvalue weighted by atomic mass is 9.96. The smallest absolute Gasteiger partial charge is 0.358 e. The lowest BCUT2D eigenvalue weighted by molar-refractivity contribution is -0.162. The lowest BCUT2D eigenvalue weighted by Gasteiger charge is -2.29. The van der Waals surface area contributed by atoms with Crippen molar-refractivity contribution in [2.45, 2.75) is 53.6 Å². The number of nitrogens with zero attached hydrogens (tertiary/aromatic N) is 4. The largest absolute Gasteiger partial charge is 0.459 e. The highest BCUT2D eigenvalue weighted by molar-refractivity contribution is 6.01. The fourth-order valence-electron chi connectivity index (χ4n) is 2.49. The highest BCUT2D eigenvalue weighted by Crippen LogP contribution is 2.24. The van der Waals surface area contributed by atoms with Gasteiger partial charge in [-0.2, -0.15) is 4.98 Å². The molecule has 2 heterocycles. The second-order valence-corrected chi connectivity index (χ2v) is 8.44. The molecule has 29 heavy (non-hydrogen) atoms. The predicted octanol–water partition coefficient (Wildman–Crippen LogP) is 3.32. The SMILES string of the molecule is CC(C)CC[C@H](O)C(=O)N(O)C(=O)N(CC(C)(C)C)c1noc(-c2ccco2)n1. The first-order valence-corrected chi connectivity index (χ1v) is 9.39. The van der Waals surface area contributed by atoms with Gasteiger partial charge in [0.15, 0.2) is 5.76 Å². The number of urea groups is 1. The molecule has 0 unspecified atom stereocenters. The Balaban J connectivity index is 2.22. The molecule has 160 valence electrons. The van der Waals surface area contributed by atoms with E-state index < -0.39 is 23.5 Å². The molecule has 0 spiro atoms. The van der Waals surface area contributed by atoms with Gasteiger partial charge < -0.3 is 14.0 Å². The van der Waals surface area contributed by atoms with Gasteiger partial charge in [-0.25, -0.2) is 4.79 Å². The van der Waals surface area contributed by atoms with Gasteiger partial charge in [-0.1, -0.05) is 34.6 Å². The summed E-state index contributed by atoms with van der Waals surface area (Å²) in [5.74, 6) is -0.626. The molecule has 0 radical (unpaired) electrons. The Morgan fingerprint density at radius 2 is 1.93 bits per heavy atom. The number of aromatic nitrogens is 2. The van der Waals surface area contributed by atoms with E-state index in [1.807, 2.05) is 34.6 Å². The number of imide groups is 1. The molecule has 0 saturated heterocycles. The van der Waals surface area contributed by atoms with Gasteiger partial charge in [0, 0.05) is 6.54 Å². The van der Waals surface area contributed by atoms with Crippen molar-refractivity contribution in [1.29, 1.82) is 0 Å². The van der Waals surface area contributed by atoms with Crippen molar-refractivity contribution in [3.8, 4) is 11.7 Å². The van der Waals surface area contributed by atoms with Crippen molar-refractivity contribution >= 4 is 17.9 Å². The Labute approximate surface area is 169 Å². The molecule has 0 aliphatic rings. The summed E-state index contributed by atoms with van der Waals surface area (Å²) in [6.45, 7) is 9.55. The van der Waals surface area contributed by atoms with Gasteiger partial charge in [-0.05, 0) is 41.5 Å². The summed E-state index contributed by atoms with van der Waals surface area (Å²) in [7, 11) is 0. The van der Waals surface area contributed by atoms with Crippen LogP contribution < -0.4 is 4.90 Å². The summed E-state index contributed by atoms with van der Waals surface area (Å²) in [5.41, 5.74) is -0.415. The highest BCUT2D eigenvalue weighted by Gasteiger charge is 2.35. The van der Waals surface area contributed by atoms with Crippen LogP contribution >= 0.6 is 0 Å². The number of rotatable bonds is 7. The van der Waals surface area contributed by atoms with Gasteiger partial charge >= 0.3 is 6.03 Å². The molecule has 0 saturated carbocycles. The molecular formula is C19H28N4O6. The van der Waals surface area contributed by atoms with Crippen LogP contribution in [-0.4, -0.2) is 50.1 Å². The van der Waals surface area contributed by atoms with E-state index >= 15 is 0 Å². The average molecular weight is 408 g/mol. The first-order chi connectivity index (χ1) is 13.5. The lowest BCUT2D eigenvalue weighted by Crippen LogP contribution is -2.50. The van der Waals surface area contributed by atoms with E-state index in [9.17, 15) is 19.9 Å². The van der Waals surface area contributed by atoms with Gasteiger partial charge in [0.2, 0.25) is 0 Å². The third kappa shape index (κ3) is 6.13. The van der Waals surface area contributed by atoms with E-state index in [1.54, 1.807) is 12.1 Å². The van der Waals surface area contributed by atoms with Crippen LogP contribution in [0.4, 0.5) is 10.7 Å². The first-order valence-electron chi connectivity index (χ1n) is 9.39. The van der Waals surface area contributed by atoms with Gasteiger partial charge in [0.1, 0.15) is 6.10 Å². The van der Waals surface area contributed by atoms with Crippen LogP contribution in [0.5, 0.6) is 0 Å². The zero-order valence-corrected chi connectivity index (χ0v) is 17.3. The maximum atomic E-state index is 12.8. The number of aliphatic hydroxyl groups is 1. The van der Waals surface area contributed by atoms with E-state index in [0.29, 0.717) is 12.2 Å². The summed E-state index contributed by atoms with van der Waals surface area (Å²) in [6, 6.07) is 2.17. The standard InChI is InChI=1S/C19H28N4O6/c1-12(2)8-9-13(24)16(25)23(27)18(26)22(11-19(3,4)5)17-20-15(29-21-17)14-7-6-10-28-14/h6-7,10,12-13,24,27H,8-9,11H2,1-5H3/t13-/m0/s1. The number of hydrogen-bond acceptors (Lipinski definition) is 8. The Bertz CT molecular complexity index is 809. The fraction of sp³-hybridized carbons (Fsp3) is 0.579. The third-order valence-electron chi connectivity index (χ3n) is 3.94. The molecule has 2 N–H and O–H groups in total. The highest BCUT2D eigenvalue weighted by atomic mass is 16.5. The number of hydroxylamine groups is 2. The summed E-state index contributed by atoms with van der Waals surface area (Å²) in [6.07, 6.45) is 0.638. The van der Waals surface area contributed by atoms with Crippen LogP contribution in [0, 0.1) is 11.3 Å². The van der Waals surface area contributed by atoms with E-state index in [-0.39, 0.29) is 35.8 Å². The Morgan fingerprint density at radius 3 is 2.48 bits per heavy atom. The molecule has 2 aromatic heterocycles. The molecule has 2 rings (SSSR count). The maximum Gasteiger partial charge on any atom is 0.358 e. The molecule has 1 atom stereocenters. The molecule has 0 aliphatic heterocycles. The van der Waals surface area contributed by atoms with Crippen LogP contribution in [0.15, 0.2) is 27.3 Å². The van der Waals surface area contributed by atoms with Crippen molar-refractivity contribution in [2.75, 3.05) is 11.4 Å². The average Bonchev–Trinajstić information content (AvgIpc) is 3.32. The monoisotopic (exact) mass is 408 g/mol. The van der Waals surface area contributed by atoms with Gasteiger partial charge in [0.25, 0.3) is 17.7 Å². The minimum Gasteiger partial charge on any atom is -0.459 e. The minimum atomic E-state index is -1.49. The topological polar surface area (TPSA) is 133 Å². The maximum absolute atomic E-state index is 12.8. The minimum absolute atomic E-state index is 0.0458. The molecule has 0 bridgehead atoms. The summed E-state index contributed by atoms with van der Waals surface area (Å²) < 4.78 is 10.3. The zero-order chi connectivity index (χ0) is 21.8. The number of furan rings is 1. The van der Waals surface area contributed by atoms with Crippen molar-refractivity contribution in [3.63, 3.8) is 0 Å². The van der Waals surface area contributed by atoms with Crippen LogP contribution in [0.3, 0.4) is 0 Å². The summed E-state index contributed by atoms with van der Waals surface area (Å²) in [5, 5.41) is 23.9. The zero-order valence-electron chi connectivity index (χ0n) is 17.3. The molecule has 0 fully saturated rings.